The summed E-state index contributed by atoms with van der Waals surface area (Å²) >= 11 is 1.53. The summed E-state index contributed by atoms with van der Waals surface area (Å²) in [5, 5.41) is 0.227. The summed E-state index contributed by atoms with van der Waals surface area (Å²) in [7, 11) is 0. The molecule has 8 heavy (non-hydrogen) atoms. The van der Waals surface area contributed by atoms with E-state index in [0.717, 1.165) is 0 Å². The molecule has 0 aromatic heterocycles. The van der Waals surface area contributed by atoms with Gasteiger partial charge in [-0.25, -0.2) is 8.78 Å². The molecule has 1 rings (SSSR count). The zero-order chi connectivity index (χ0) is 6.20. The Balaban J connectivity index is 2.21. The van der Waals surface area contributed by atoms with E-state index in [1.54, 1.807) is 0 Å². The van der Waals surface area contributed by atoms with Crippen molar-refractivity contribution in [3.05, 3.63) is 0 Å². The molecule has 1 fully saturated rings. The highest BCUT2D eigenvalue weighted by Crippen LogP contribution is 2.43. The second-order valence-corrected chi connectivity index (χ2v) is 3.26. The van der Waals surface area contributed by atoms with Crippen LogP contribution in [0.1, 0.15) is 12.8 Å². The van der Waals surface area contributed by atoms with Gasteiger partial charge < -0.3 is 0 Å². The first-order valence-corrected chi connectivity index (χ1v) is 3.83. The Bertz CT molecular complexity index is 84.4. The van der Waals surface area contributed by atoms with Gasteiger partial charge in [0.2, 0.25) is 5.92 Å². The average molecular weight is 138 g/mol. The highest BCUT2D eigenvalue weighted by atomic mass is 32.2. The van der Waals surface area contributed by atoms with Crippen LogP contribution in [-0.4, -0.2) is 17.4 Å². The minimum absolute atomic E-state index is 0.0914. The van der Waals surface area contributed by atoms with Gasteiger partial charge in [-0.05, 0) is 6.26 Å². The SMILES string of the molecule is CSC1CC(F)(F)C1. The fourth-order valence-corrected chi connectivity index (χ4v) is 1.59. The van der Waals surface area contributed by atoms with E-state index in [1.165, 1.54) is 11.8 Å². The van der Waals surface area contributed by atoms with Crippen molar-refractivity contribution in [2.75, 3.05) is 6.26 Å². The van der Waals surface area contributed by atoms with Crippen LogP contribution in [0.2, 0.25) is 0 Å². The minimum Gasteiger partial charge on any atom is -0.207 e. The lowest BCUT2D eigenvalue weighted by molar-refractivity contribution is -0.0666. The number of halogens is 2. The van der Waals surface area contributed by atoms with E-state index in [4.69, 9.17) is 0 Å². The molecule has 1 aliphatic carbocycles. The third-order valence-corrected chi connectivity index (χ3v) is 2.39. The number of hydrogen-bond acceptors (Lipinski definition) is 1. The molecule has 0 aromatic carbocycles. The van der Waals surface area contributed by atoms with Crippen LogP contribution in [-0.2, 0) is 0 Å². The smallest absolute Gasteiger partial charge is 0.207 e. The van der Waals surface area contributed by atoms with Crippen LogP contribution >= 0.6 is 11.8 Å². The molecule has 1 aliphatic rings. The molecule has 0 aliphatic heterocycles. The van der Waals surface area contributed by atoms with Gasteiger partial charge >= 0.3 is 0 Å². The maximum atomic E-state index is 12.0. The predicted molar refractivity (Wildman–Crippen MR) is 31.5 cm³/mol. The Kier molecular flexibility index (Phi) is 1.48. The van der Waals surface area contributed by atoms with Crippen LogP contribution in [0.15, 0.2) is 0 Å². The van der Waals surface area contributed by atoms with Crippen molar-refractivity contribution in [1.82, 2.24) is 0 Å². The van der Waals surface area contributed by atoms with Crippen molar-refractivity contribution in [2.45, 2.75) is 24.0 Å². The van der Waals surface area contributed by atoms with Crippen molar-refractivity contribution < 1.29 is 8.78 Å². The third-order valence-electron chi connectivity index (χ3n) is 1.39. The monoisotopic (exact) mass is 138 g/mol. The van der Waals surface area contributed by atoms with Crippen LogP contribution in [0.5, 0.6) is 0 Å². The van der Waals surface area contributed by atoms with E-state index in [2.05, 4.69) is 0 Å². The van der Waals surface area contributed by atoms with Crippen molar-refractivity contribution >= 4 is 11.8 Å². The maximum absolute atomic E-state index is 12.0. The van der Waals surface area contributed by atoms with Crippen LogP contribution in [0, 0.1) is 0 Å². The van der Waals surface area contributed by atoms with Crippen molar-refractivity contribution in [3.63, 3.8) is 0 Å². The molecule has 0 spiro atoms. The summed E-state index contributed by atoms with van der Waals surface area (Å²) in [6.45, 7) is 0. The molecule has 0 amide bonds. The molecule has 0 N–H and O–H groups in total. The van der Waals surface area contributed by atoms with Gasteiger partial charge in [-0.2, -0.15) is 11.8 Å². The van der Waals surface area contributed by atoms with Gasteiger partial charge in [0.05, 0.1) is 0 Å². The van der Waals surface area contributed by atoms with E-state index in [0.29, 0.717) is 0 Å². The number of alkyl halides is 2. The molecule has 1 saturated carbocycles. The Labute approximate surface area is 51.6 Å². The number of rotatable bonds is 1. The van der Waals surface area contributed by atoms with Gasteiger partial charge in [0, 0.05) is 18.1 Å². The quantitative estimate of drug-likeness (QED) is 0.535. The number of thioether (sulfide) groups is 1. The van der Waals surface area contributed by atoms with E-state index >= 15 is 0 Å². The van der Waals surface area contributed by atoms with Gasteiger partial charge in [0.1, 0.15) is 0 Å². The second kappa shape index (κ2) is 1.87. The zero-order valence-electron chi connectivity index (χ0n) is 4.66. The molecular formula is C5H8F2S. The van der Waals surface area contributed by atoms with Crippen LogP contribution in [0.25, 0.3) is 0 Å². The summed E-state index contributed by atoms with van der Waals surface area (Å²) in [6, 6.07) is 0. The third kappa shape index (κ3) is 1.13. The average Bonchev–Trinajstić information content (AvgIpc) is 1.60. The zero-order valence-corrected chi connectivity index (χ0v) is 5.47. The molecular weight excluding hydrogens is 130 g/mol. The lowest BCUT2D eigenvalue weighted by Gasteiger charge is -2.33. The molecule has 0 heterocycles. The summed E-state index contributed by atoms with van der Waals surface area (Å²) < 4.78 is 23.9. The first kappa shape index (κ1) is 6.33. The molecule has 0 nitrogen and oxygen atoms in total. The summed E-state index contributed by atoms with van der Waals surface area (Å²) in [4.78, 5) is 0. The molecule has 0 bridgehead atoms. The molecule has 0 atom stereocenters. The first-order valence-electron chi connectivity index (χ1n) is 2.55. The van der Waals surface area contributed by atoms with E-state index in [1.807, 2.05) is 6.26 Å². The molecule has 48 valence electrons. The van der Waals surface area contributed by atoms with Gasteiger partial charge in [0.15, 0.2) is 0 Å². The summed E-state index contributed by atoms with van der Waals surface area (Å²) in [5.41, 5.74) is 0. The number of hydrogen-bond donors (Lipinski definition) is 0. The normalized spacial score (nSPS) is 27.4. The topological polar surface area (TPSA) is 0 Å². The van der Waals surface area contributed by atoms with Gasteiger partial charge in [-0.15, -0.1) is 0 Å². The van der Waals surface area contributed by atoms with Crippen molar-refractivity contribution in [3.8, 4) is 0 Å². The van der Waals surface area contributed by atoms with Crippen molar-refractivity contribution in [1.29, 1.82) is 0 Å². The lowest BCUT2D eigenvalue weighted by atomic mass is 9.94. The van der Waals surface area contributed by atoms with E-state index in [-0.39, 0.29) is 18.1 Å². The van der Waals surface area contributed by atoms with E-state index < -0.39 is 5.92 Å². The molecule has 0 saturated heterocycles. The first-order chi connectivity index (χ1) is 3.64. The van der Waals surface area contributed by atoms with Crippen LogP contribution < -0.4 is 0 Å². The molecule has 0 unspecified atom stereocenters. The standard InChI is InChI=1S/C5H8F2S/c1-8-4-2-5(6,7)3-4/h4H,2-3H2,1H3. The van der Waals surface area contributed by atoms with E-state index in [9.17, 15) is 8.78 Å². The fourth-order valence-electron chi connectivity index (χ4n) is 0.773. The lowest BCUT2D eigenvalue weighted by Crippen LogP contribution is -2.37. The fraction of sp³-hybridized carbons (Fsp3) is 1.00. The largest absolute Gasteiger partial charge is 0.250 e. The Morgan fingerprint density at radius 1 is 1.50 bits per heavy atom. The predicted octanol–water partition coefficient (Wildman–Crippen LogP) is 2.15. The van der Waals surface area contributed by atoms with Crippen molar-refractivity contribution in [2.24, 2.45) is 0 Å². The van der Waals surface area contributed by atoms with Gasteiger partial charge in [-0.3, -0.25) is 0 Å². The molecule has 3 heteroatoms. The minimum atomic E-state index is -2.33. The summed E-state index contributed by atoms with van der Waals surface area (Å²) in [5.74, 6) is -2.33. The Morgan fingerprint density at radius 3 is 2.12 bits per heavy atom. The molecule has 0 radical (unpaired) electrons. The highest BCUT2D eigenvalue weighted by Gasteiger charge is 2.44. The maximum Gasteiger partial charge on any atom is 0.250 e. The van der Waals surface area contributed by atoms with Gasteiger partial charge in [-0.1, -0.05) is 0 Å². The summed E-state index contributed by atoms with van der Waals surface area (Å²) in [6.07, 6.45) is 2.06. The Hall–Kier alpha value is 0.210. The van der Waals surface area contributed by atoms with Crippen LogP contribution in [0.4, 0.5) is 8.78 Å². The highest BCUT2D eigenvalue weighted by molar-refractivity contribution is 7.99. The van der Waals surface area contributed by atoms with Gasteiger partial charge in [0.25, 0.3) is 0 Å². The molecule has 0 aromatic rings. The van der Waals surface area contributed by atoms with Crippen LogP contribution in [0.3, 0.4) is 0 Å². The second-order valence-electron chi connectivity index (χ2n) is 2.12. The Morgan fingerprint density at radius 2 is 2.00 bits per heavy atom.